The van der Waals surface area contributed by atoms with Gasteiger partial charge in [0.15, 0.2) is 0 Å². The van der Waals surface area contributed by atoms with Gasteiger partial charge in [-0.05, 0) is 47.6 Å². The predicted octanol–water partition coefficient (Wildman–Crippen LogP) is 4.67. The van der Waals surface area contributed by atoms with E-state index in [9.17, 15) is 4.79 Å². The lowest BCUT2D eigenvalue weighted by molar-refractivity contribution is 0.0733. The number of carbonyl (C=O) groups is 1. The Bertz CT molecular complexity index is 901. The molecule has 0 atom stereocenters. The van der Waals surface area contributed by atoms with Gasteiger partial charge in [0.25, 0.3) is 5.91 Å². The number of carbonyl (C=O) groups excluding carboxylic acids is 1. The average Bonchev–Trinajstić information content (AvgIpc) is 2.72. The predicted molar refractivity (Wildman–Crippen MR) is 105 cm³/mol. The topological polar surface area (TPSA) is 20.3 Å². The van der Waals surface area contributed by atoms with Gasteiger partial charge in [0.05, 0.1) is 0 Å². The third-order valence-electron chi connectivity index (χ3n) is 5.19. The molecule has 0 radical (unpaired) electrons. The molecule has 130 valence electrons. The first-order chi connectivity index (χ1) is 12.8. The minimum Gasteiger partial charge on any atom is -0.334 e. The van der Waals surface area contributed by atoms with Gasteiger partial charge in [0.2, 0.25) is 0 Å². The van der Waals surface area contributed by atoms with E-state index in [1.54, 1.807) is 0 Å². The zero-order chi connectivity index (χ0) is 17.8. The van der Waals surface area contributed by atoms with Crippen molar-refractivity contribution in [2.75, 3.05) is 6.54 Å². The van der Waals surface area contributed by atoms with Gasteiger partial charge in [-0.15, -0.1) is 0 Å². The highest BCUT2D eigenvalue weighted by Crippen LogP contribution is 2.22. The van der Waals surface area contributed by atoms with Crippen molar-refractivity contribution in [2.45, 2.75) is 25.8 Å². The van der Waals surface area contributed by atoms with Crippen LogP contribution in [-0.4, -0.2) is 17.4 Å². The smallest absolute Gasteiger partial charge is 0.254 e. The van der Waals surface area contributed by atoms with E-state index in [0.29, 0.717) is 6.54 Å². The molecule has 0 fully saturated rings. The van der Waals surface area contributed by atoms with Crippen molar-refractivity contribution in [1.82, 2.24) is 4.90 Å². The van der Waals surface area contributed by atoms with Crippen molar-refractivity contribution >= 4 is 5.91 Å². The first kappa shape index (κ1) is 16.6. The van der Waals surface area contributed by atoms with Gasteiger partial charge >= 0.3 is 0 Å². The number of aryl methyl sites for hydroxylation is 2. The molecule has 0 bridgehead atoms. The molecular weight excluding hydrogens is 318 g/mol. The summed E-state index contributed by atoms with van der Waals surface area (Å²) in [5.41, 5.74) is 5.94. The maximum absolute atomic E-state index is 13.2. The van der Waals surface area contributed by atoms with Gasteiger partial charge in [0.1, 0.15) is 0 Å². The number of hydrogen-bond donors (Lipinski definition) is 0. The number of fused-ring (bicyclic) bond motifs is 1. The van der Waals surface area contributed by atoms with E-state index in [1.807, 2.05) is 29.2 Å². The SMILES string of the molecule is O=C(c1ccccc1CCc1ccccc1)N1CCc2ccccc2C1. The first-order valence-corrected chi connectivity index (χ1v) is 9.29. The molecule has 4 rings (SSSR count). The van der Waals surface area contributed by atoms with E-state index in [4.69, 9.17) is 0 Å². The number of nitrogens with zero attached hydrogens (tertiary/aromatic N) is 1. The fourth-order valence-electron chi connectivity index (χ4n) is 3.71. The molecule has 3 aromatic carbocycles. The van der Waals surface area contributed by atoms with Crippen LogP contribution in [0.3, 0.4) is 0 Å². The Labute approximate surface area is 155 Å². The highest BCUT2D eigenvalue weighted by atomic mass is 16.2. The maximum atomic E-state index is 13.2. The van der Waals surface area contributed by atoms with Crippen LogP contribution in [0.1, 0.15) is 32.6 Å². The van der Waals surface area contributed by atoms with Crippen LogP contribution in [0.25, 0.3) is 0 Å². The average molecular weight is 341 g/mol. The normalized spacial score (nSPS) is 13.3. The molecule has 2 heteroatoms. The van der Waals surface area contributed by atoms with Crippen LogP contribution >= 0.6 is 0 Å². The van der Waals surface area contributed by atoms with Crippen LogP contribution in [-0.2, 0) is 25.8 Å². The molecule has 0 saturated heterocycles. The van der Waals surface area contributed by atoms with E-state index in [2.05, 4.69) is 54.6 Å². The molecule has 0 unspecified atom stereocenters. The molecule has 3 aromatic rings. The van der Waals surface area contributed by atoms with Gasteiger partial charge in [0, 0.05) is 18.7 Å². The van der Waals surface area contributed by atoms with E-state index in [-0.39, 0.29) is 5.91 Å². The van der Waals surface area contributed by atoms with Crippen LogP contribution < -0.4 is 0 Å². The fourth-order valence-corrected chi connectivity index (χ4v) is 3.71. The van der Waals surface area contributed by atoms with E-state index < -0.39 is 0 Å². The lowest BCUT2D eigenvalue weighted by atomic mass is 9.96. The molecular formula is C24H23NO. The van der Waals surface area contributed by atoms with Crippen molar-refractivity contribution in [3.63, 3.8) is 0 Å². The van der Waals surface area contributed by atoms with Crippen molar-refractivity contribution in [3.05, 3.63) is 107 Å². The molecule has 0 spiro atoms. The summed E-state index contributed by atoms with van der Waals surface area (Å²) in [4.78, 5) is 15.2. The van der Waals surface area contributed by atoms with Gasteiger partial charge in [-0.25, -0.2) is 0 Å². The van der Waals surface area contributed by atoms with Gasteiger partial charge in [-0.3, -0.25) is 4.79 Å². The van der Waals surface area contributed by atoms with Gasteiger partial charge in [-0.2, -0.15) is 0 Å². The summed E-state index contributed by atoms with van der Waals surface area (Å²) < 4.78 is 0. The molecule has 0 saturated carbocycles. The van der Waals surface area contributed by atoms with Crippen LogP contribution in [0.4, 0.5) is 0 Å². The van der Waals surface area contributed by atoms with Crippen molar-refractivity contribution in [1.29, 1.82) is 0 Å². The lowest BCUT2D eigenvalue weighted by Gasteiger charge is -2.29. The number of amides is 1. The molecule has 1 aliphatic rings. The zero-order valence-electron chi connectivity index (χ0n) is 14.9. The largest absolute Gasteiger partial charge is 0.334 e. The fraction of sp³-hybridized carbons (Fsp3) is 0.208. The van der Waals surface area contributed by atoms with E-state index in [1.165, 1.54) is 16.7 Å². The Balaban J connectivity index is 1.52. The summed E-state index contributed by atoms with van der Waals surface area (Å²) in [6.45, 7) is 1.50. The van der Waals surface area contributed by atoms with Crippen LogP contribution in [0.2, 0.25) is 0 Å². The second-order valence-corrected chi connectivity index (χ2v) is 6.89. The van der Waals surface area contributed by atoms with Crippen LogP contribution in [0.5, 0.6) is 0 Å². The Morgan fingerprint density at radius 2 is 1.46 bits per heavy atom. The van der Waals surface area contributed by atoms with Crippen LogP contribution in [0.15, 0.2) is 78.9 Å². The summed E-state index contributed by atoms with van der Waals surface area (Å²) in [5.74, 6) is 0.156. The maximum Gasteiger partial charge on any atom is 0.254 e. The van der Waals surface area contributed by atoms with Crippen molar-refractivity contribution < 1.29 is 4.79 Å². The Morgan fingerprint density at radius 1 is 0.769 bits per heavy atom. The Hall–Kier alpha value is -2.87. The molecule has 0 aliphatic carbocycles. The van der Waals surface area contributed by atoms with E-state index >= 15 is 0 Å². The molecule has 1 aliphatic heterocycles. The molecule has 0 aromatic heterocycles. The standard InChI is InChI=1S/C24H23NO/c26-24(25-17-16-20-10-4-5-12-22(20)18-25)23-13-7-6-11-21(23)15-14-19-8-2-1-3-9-19/h1-13H,14-18H2. The third kappa shape index (κ3) is 3.55. The van der Waals surface area contributed by atoms with Crippen LogP contribution in [0, 0.1) is 0 Å². The molecule has 1 amide bonds. The summed E-state index contributed by atoms with van der Waals surface area (Å²) >= 11 is 0. The highest BCUT2D eigenvalue weighted by Gasteiger charge is 2.23. The quantitative estimate of drug-likeness (QED) is 0.675. The summed E-state index contributed by atoms with van der Waals surface area (Å²) in [6.07, 6.45) is 2.78. The van der Waals surface area contributed by atoms with Crippen molar-refractivity contribution in [3.8, 4) is 0 Å². The Morgan fingerprint density at radius 3 is 2.31 bits per heavy atom. The first-order valence-electron chi connectivity index (χ1n) is 9.29. The Kier molecular flexibility index (Phi) is 4.83. The lowest BCUT2D eigenvalue weighted by Crippen LogP contribution is -2.36. The summed E-state index contributed by atoms with van der Waals surface area (Å²) in [6, 6.07) is 27.0. The molecule has 2 nitrogen and oxygen atoms in total. The third-order valence-corrected chi connectivity index (χ3v) is 5.19. The minimum atomic E-state index is 0.156. The number of hydrogen-bond acceptors (Lipinski definition) is 1. The summed E-state index contributed by atoms with van der Waals surface area (Å²) in [5, 5.41) is 0. The highest BCUT2D eigenvalue weighted by molar-refractivity contribution is 5.95. The molecule has 0 N–H and O–H groups in total. The molecule has 1 heterocycles. The second kappa shape index (κ2) is 7.57. The minimum absolute atomic E-state index is 0.156. The van der Waals surface area contributed by atoms with Gasteiger partial charge < -0.3 is 4.90 Å². The van der Waals surface area contributed by atoms with E-state index in [0.717, 1.165) is 36.9 Å². The zero-order valence-corrected chi connectivity index (χ0v) is 14.9. The summed E-state index contributed by atoms with van der Waals surface area (Å²) in [7, 11) is 0. The van der Waals surface area contributed by atoms with Crippen molar-refractivity contribution in [2.24, 2.45) is 0 Å². The molecule has 26 heavy (non-hydrogen) atoms. The van der Waals surface area contributed by atoms with Gasteiger partial charge in [-0.1, -0.05) is 72.8 Å². The number of benzene rings is 3. The number of rotatable bonds is 4. The second-order valence-electron chi connectivity index (χ2n) is 6.89. The monoisotopic (exact) mass is 341 g/mol.